The molecule has 20 unspecified atom stereocenters. The number of carbonyl (C=O) groups excluding carboxylic acids is 2. The van der Waals surface area contributed by atoms with Crippen molar-refractivity contribution in [3.63, 3.8) is 0 Å². The summed E-state index contributed by atoms with van der Waals surface area (Å²) in [6.07, 6.45) is -24.7. The number of rotatable bonds is 28. The fourth-order valence-corrected chi connectivity index (χ4v) is 9.68. The Kier molecular flexibility index (Phi) is 25.9. The van der Waals surface area contributed by atoms with Gasteiger partial charge in [-0.1, -0.05) is 47.8 Å². The molecule has 20 atom stereocenters. The topological polar surface area (TPSA) is 409 Å². The van der Waals surface area contributed by atoms with Crippen LogP contribution in [-0.2, 0) is 107 Å². The van der Waals surface area contributed by atoms with Crippen LogP contribution in [0.3, 0.4) is 0 Å². The largest absolute Gasteiger partial charge is 0.479 e. The third-order valence-corrected chi connectivity index (χ3v) is 12.8. The SMILES string of the molecule is CCC1OC(C)C(NC(C)=O)C(OC2OC(C(=O)O)C(OC3OC(CC)C(C)C(OC4OC(C(=O)O)C(O)C(OSOOO)C4OSOOO)C3NC(C)=O)C(OSOOO)C2OSOOO)C1C. The predicted octanol–water partition coefficient (Wildman–Crippen LogP) is 1.21. The number of carboxylic acids is 2. The van der Waals surface area contributed by atoms with E-state index in [4.69, 9.17) is 70.9 Å². The number of carbonyl (C=O) groups is 4. The van der Waals surface area contributed by atoms with Gasteiger partial charge in [-0.05, 0) is 19.8 Å². The summed E-state index contributed by atoms with van der Waals surface area (Å²) in [6, 6.07) is -2.39. The molecule has 0 aromatic carbocycles. The number of aliphatic hydroxyl groups excluding tert-OH is 1. The van der Waals surface area contributed by atoms with Gasteiger partial charge in [-0.2, -0.15) is 0 Å². The smallest absolute Gasteiger partial charge is 0.335 e. The van der Waals surface area contributed by atoms with E-state index in [1.807, 2.05) is 6.92 Å². The summed E-state index contributed by atoms with van der Waals surface area (Å²) in [7, 11) is 0. The molecular weight excluding hydrogens is 1030 g/mol. The van der Waals surface area contributed by atoms with E-state index in [9.17, 15) is 34.5 Å². The standard InChI is InChI=1S/C33H54N2O30S4/c1-8-15-10(3)20(17(12(5)47-15)34-13(6)36)49-33-28(57-69-65-61-46)25(55-67-63-59-44)24(26(53-33)30(41)42)52-31-18(35-14(7)37)21(11(4)16(9-2)48-31)50-32-27(56-68-64-60-45)22(54-66-62-58-43)19(38)23(51-32)29(39)40/h10-12,15-28,31-33,38,43-46H,8-9H2,1-7H3,(H,34,36)(H,35,37)(H,39,40)(H,41,42). The highest BCUT2D eigenvalue weighted by Gasteiger charge is 2.59. The number of hydrogen-bond donors (Lipinski definition) is 9. The highest BCUT2D eigenvalue weighted by atomic mass is 32.2. The Labute approximate surface area is 408 Å². The van der Waals surface area contributed by atoms with Gasteiger partial charge in [0.05, 0.1) is 36.6 Å². The normalized spacial score (nSPS) is 38.3. The maximum atomic E-state index is 13.3. The second-order valence-corrected chi connectivity index (χ2v) is 17.2. The number of aliphatic hydroxyl groups is 1. The summed E-state index contributed by atoms with van der Waals surface area (Å²) >= 11 is -0.221. The molecule has 4 heterocycles. The van der Waals surface area contributed by atoms with Gasteiger partial charge < -0.3 is 59.1 Å². The summed E-state index contributed by atoms with van der Waals surface area (Å²) in [5, 5.41) is 87.0. The monoisotopic (exact) mass is 1090 g/mol. The first kappa shape index (κ1) is 59.9. The summed E-state index contributed by atoms with van der Waals surface area (Å²) in [6.45, 7) is 11.0. The van der Waals surface area contributed by atoms with Gasteiger partial charge in [-0.25, -0.2) is 30.6 Å². The van der Waals surface area contributed by atoms with Gasteiger partial charge in [0.2, 0.25) is 11.8 Å². The molecule has 32 nitrogen and oxygen atoms in total. The van der Waals surface area contributed by atoms with Crippen LogP contribution < -0.4 is 10.6 Å². The fourth-order valence-electron chi connectivity index (χ4n) is 8.24. The van der Waals surface area contributed by atoms with Crippen molar-refractivity contribution in [3.8, 4) is 0 Å². The van der Waals surface area contributed by atoms with Crippen molar-refractivity contribution in [1.82, 2.24) is 10.6 Å². The lowest BCUT2D eigenvalue weighted by atomic mass is 9.85. The second kappa shape index (κ2) is 29.9. The molecule has 4 rings (SSSR count). The molecular formula is C33H54N2O30S4. The Hall–Kier alpha value is -1.68. The third kappa shape index (κ3) is 16.2. The summed E-state index contributed by atoms with van der Waals surface area (Å²) in [5.74, 6) is -5.96. The van der Waals surface area contributed by atoms with Crippen LogP contribution in [0.2, 0.25) is 0 Å². The van der Waals surface area contributed by atoms with Crippen LogP contribution in [0.25, 0.3) is 0 Å². The summed E-state index contributed by atoms with van der Waals surface area (Å²) < 4.78 is 83.4. The van der Waals surface area contributed by atoms with Crippen molar-refractivity contribution in [2.75, 3.05) is 0 Å². The van der Waals surface area contributed by atoms with E-state index in [0.717, 1.165) is 6.92 Å². The van der Waals surface area contributed by atoms with Crippen molar-refractivity contribution in [2.24, 2.45) is 11.8 Å². The van der Waals surface area contributed by atoms with Crippen LogP contribution >= 0.6 is 49.3 Å². The first-order valence-electron chi connectivity index (χ1n) is 20.4. The predicted molar refractivity (Wildman–Crippen MR) is 219 cm³/mol. The molecule has 0 radical (unpaired) electrons. The van der Waals surface area contributed by atoms with Crippen molar-refractivity contribution in [2.45, 2.75) is 172 Å². The van der Waals surface area contributed by atoms with E-state index < -0.39 is 146 Å². The van der Waals surface area contributed by atoms with Gasteiger partial charge in [0.1, 0.15) is 30.5 Å². The maximum absolute atomic E-state index is 13.3. The Morgan fingerprint density at radius 2 is 0.899 bits per heavy atom. The molecule has 0 aromatic rings. The molecule has 4 fully saturated rings. The molecule has 36 heteroatoms. The number of aliphatic carboxylic acids is 2. The van der Waals surface area contributed by atoms with Crippen molar-refractivity contribution in [3.05, 3.63) is 0 Å². The lowest BCUT2D eigenvalue weighted by Gasteiger charge is -2.51. The van der Waals surface area contributed by atoms with Crippen LogP contribution in [0.4, 0.5) is 0 Å². The van der Waals surface area contributed by atoms with E-state index >= 15 is 0 Å². The van der Waals surface area contributed by atoms with Crippen LogP contribution in [-0.4, -0.2) is 170 Å². The number of nitrogens with one attached hydrogen (secondary N) is 2. The third-order valence-electron chi connectivity index (χ3n) is 11.2. The first-order chi connectivity index (χ1) is 33.0. The minimum atomic E-state index is -2.13. The highest BCUT2D eigenvalue weighted by molar-refractivity contribution is 7.90. The number of amides is 2. The molecule has 4 aliphatic heterocycles. The zero-order chi connectivity index (χ0) is 50.9. The molecule has 400 valence electrons. The molecule has 9 N–H and O–H groups in total. The highest BCUT2D eigenvalue weighted by Crippen LogP contribution is 2.41. The molecule has 0 saturated carbocycles. The van der Waals surface area contributed by atoms with Crippen molar-refractivity contribution >= 4 is 73.0 Å². The Bertz CT molecular complexity index is 1590. The summed E-state index contributed by atoms with van der Waals surface area (Å²) in [5.41, 5.74) is 0. The van der Waals surface area contributed by atoms with Crippen molar-refractivity contribution < 1.29 is 143 Å². The van der Waals surface area contributed by atoms with E-state index in [2.05, 4.69) is 48.1 Å². The molecule has 0 bridgehead atoms. The minimum absolute atomic E-state index is 0.0123. The van der Waals surface area contributed by atoms with Gasteiger partial charge in [0, 0.05) is 25.7 Å². The van der Waals surface area contributed by atoms with Crippen LogP contribution in [0.5, 0.6) is 0 Å². The Balaban J connectivity index is 1.81. The fraction of sp³-hybridized carbons (Fsp3) is 0.879. The molecule has 2 amide bonds. The Morgan fingerprint density at radius 1 is 0.507 bits per heavy atom. The van der Waals surface area contributed by atoms with E-state index in [1.165, 1.54) is 6.92 Å². The average Bonchev–Trinajstić information content (AvgIpc) is 3.30. The molecule has 0 aliphatic carbocycles. The van der Waals surface area contributed by atoms with Crippen molar-refractivity contribution in [1.29, 1.82) is 0 Å². The quantitative estimate of drug-likeness (QED) is 0.0230. The van der Waals surface area contributed by atoms with E-state index in [-0.39, 0.29) is 55.7 Å². The molecule has 4 aliphatic rings. The van der Waals surface area contributed by atoms with E-state index in [0.29, 0.717) is 6.42 Å². The summed E-state index contributed by atoms with van der Waals surface area (Å²) in [4.78, 5) is 51.1. The lowest BCUT2D eigenvalue weighted by molar-refractivity contribution is -0.436. The molecule has 0 aromatic heterocycles. The van der Waals surface area contributed by atoms with Crippen LogP contribution in [0.15, 0.2) is 0 Å². The first-order valence-corrected chi connectivity index (χ1v) is 23.1. The average molecular weight is 1090 g/mol. The van der Waals surface area contributed by atoms with Gasteiger partial charge in [0.15, 0.2) is 92.6 Å². The number of hydrogen-bond acceptors (Lipinski definition) is 32. The van der Waals surface area contributed by atoms with Gasteiger partial charge in [-0.3, -0.25) is 26.3 Å². The van der Waals surface area contributed by atoms with Gasteiger partial charge >= 0.3 is 11.9 Å². The number of ether oxygens (including phenoxy) is 7. The minimum Gasteiger partial charge on any atom is -0.479 e. The molecule has 69 heavy (non-hydrogen) atoms. The molecule has 0 spiro atoms. The van der Waals surface area contributed by atoms with Crippen LogP contribution in [0, 0.1) is 11.8 Å². The van der Waals surface area contributed by atoms with Gasteiger partial charge in [0.25, 0.3) is 0 Å². The van der Waals surface area contributed by atoms with Crippen LogP contribution in [0.1, 0.15) is 61.3 Å². The second-order valence-electron chi connectivity index (χ2n) is 15.3. The zero-order valence-electron chi connectivity index (χ0n) is 37.1. The molecule has 4 saturated heterocycles. The maximum Gasteiger partial charge on any atom is 0.335 e. The number of carboxylic acid groups (broad SMARTS) is 2. The Morgan fingerprint density at radius 3 is 1.35 bits per heavy atom. The van der Waals surface area contributed by atoms with Gasteiger partial charge in [-0.15, -0.1) is 17.3 Å². The van der Waals surface area contributed by atoms with E-state index in [1.54, 1.807) is 27.7 Å². The lowest BCUT2D eigenvalue weighted by Crippen LogP contribution is -2.69. The zero-order valence-corrected chi connectivity index (χ0v) is 40.4.